The number of nitrogens with one attached hydrogen (secondary N) is 1. The fourth-order valence-corrected chi connectivity index (χ4v) is 2.57. The molecule has 0 bridgehead atoms. The van der Waals surface area contributed by atoms with Gasteiger partial charge < -0.3 is 10.1 Å². The second-order valence-electron chi connectivity index (χ2n) is 4.77. The van der Waals surface area contributed by atoms with Gasteiger partial charge in [-0.3, -0.25) is 4.68 Å². The Morgan fingerprint density at radius 2 is 2.24 bits per heavy atom. The monoisotopic (exact) mass is 311 g/mol. The van der Waals surface area contributed by atoms with E-state index in [-0.39, 0.29) is 11.9 Å². The van der Waals surface area contributed by atoms with Gasteiger partial charge in [-0.05, 0) is 30.7 Å². The van der Waals surface area contributed by atoms with Gasteiger partial charge in [0, 0.05) is 12.1 Å². The minimum atomic E-state index is -0.352. The van der Waals surface area contributed by atoms with Gasteiger partial charge in [0.1, 0.15) is 11.5 Å². The molecule has 1 N–H and O–H groups in total. The Bertz CT molecular complexity index is 615. The van der Waals surface area contributed by atoms with Crippen LogP contribution < -0.4 is 10.1 Å². The molecule has 0 aliphatic heterocycles. The van der Waals surface area contributed by atoms with Crippen molar-refractivity contribution >= 4 is 11.6 Å². The van der Waals surface area contributed by atoms with E-state index in [1.807, 2.05) is 7.05 Å². The highest BCUT2D eigenvalue weighted by atomic mass is 35.5. The van der Waals surface area contributed by atoms with E-state index in [0.717, 1.165) is 24.2 Å². The van der Waals surface area contributed by atoms with Crippen LogP contribution in [0.15, 0.2) is 24.4 Å². The van der Waals surface area contributed by atoms with E-state index in [4.69, 9.17) is 16.3 Å². The Hall–Kier alpha value is -1.59. The Morgan fingerprint density at radius 1 is 1.48 bits per heavy atom. The van der Waals surface area contributed by atoms with Crippen molar-refractivity contribution in [3.8, 4) is 5.75 Å². The zero-order valence-corrected chi connectivity index (χ0v) is 13.1. The number of methoxy groups -OCH3 is 1. The third-order valence-corrected chi connectivity index (χ3v) is 3.64. The fraction of sp³-hybridized carbons (Fsp3) is 0.400. The molecule has 0 amide bonds. The maximum absolute atomic E-state index is 13.3. The molecule has 6 heteroatoms. The average Bonchev–Trinajstić information content (AvgIpc) is 2.82. The van der Waals surface area contributed by atoms with Crippen LogP contribution in [0.4, 0.5) is 4.39 Å². The molecule has 0 aliphatic rings. The zero-order chi connectivity index (χ0) is 15.4. The first kappa shape index (κ1) is 15.8. The number of nitrogens with zero attached hydrogens (tertiary/aromatic N) is 2. The van der Waals surface area contributed by atoms with Crippen LogP contribution in [0.1, 0.15) is 30.6 Å². The van der Waals surface area contributed by atoms with Gasteiger partial charge in [-0.25, -0.2) is 4.39 Å². The van der Waals surface area contributed by atoms with Crippen molar-refractivity contribution in [1.29, 1.82) is 0 Å². The third-order valence-electron chi connectivity index (χ3n) is 3.31. The van der Waals surface area contributed by atoms with Gasteiger partial charge in [0.05, 0.1) is 19.3 Å². The van der Waals surface area contributed by atoms with E-state index in [1.165, 1.54) is 12.1 Å². The smallest absolute Gasteiger partial charge is 0.161 e. The molecule has 0 aliphatic carbocycles. The summed E-state index contributed by atoms with van der Waals surface area (Å²) in [6.07, 6.45) is 2.63. The summed E-state index contributed by atoms with van der Waals surface area (Å²) in [6.45, 7) is 2.88. The molecule has 1 atom stereocenters. The molecule has 1 heterocycles. The third kappa shape index (κ3) is 3.36. The predicted molar refractivity (Wildman–Crippen MR) is 81.3 cm³/mol. The minimum Gasteiger partial charge on any atom is -0.493 e. The summed E-state index contributed by atoms with van der Waals surface area (Å²) < 4.78 is 20.4. The van der Waals surface area contributed by atoms with E-state index in [2.05, 4.69) is 17.3 Å². The lowest BCUT2D eigenvalue weighted by Gasteiger charge is -2.21. The van der Waals surface area contributed by atoms with Crippen LogP contribution in [-0.2, 0) is 7.05 Å². The number of halogens is 2. The maximum Gasteiger partial charge on any atom is 0.161 e. The molecule has 21 heavy (non-hydrogen) atoms. The normalized spacial score (nSPS) is 12.4. The molecule has 2 aromatic rings. The van der Waals surface area contributed by atoms with Crippen molar-refractivity contribution in [2.24, 2.45) is 7.05 Å². The molecule has 0 fully saturated rings. The van der Waals surface area contributed by atoms with Gasteiger partial charge in [-0.2, -0.15) is 5.10 Å². The summed E-state index contributed by atoms with van der Waals surface area (Å²) in [4.78, 5) is 0. The molecule has 2 rings (SSSR count). The van der Waals surface area contributed by atoms with Gasteiger partial charge in [-0.1, -0.05) is 24.6 Å². The van der Waals surface area contributed by atoms with Crippen LogP contribution in [0.3, 0.4) is 0 Å². The number of ether oxygens (including phenoxy) is 1. The van der Waals surface area contributed by atoms with E-state index in [1.54, 1.807) is 24.1 Å². The average molecular weight is 312 g/mol. The van der Waals surface area contributed by atoms with Crippen LogP contribution in [0.25, 0.3) is 0 Å². The number of aryl methyl sites for hydroxylation is 1. The van der Waals surface area contributed by atoms with Crippen LogP contribution in [0.2, 0.25) is 5.02 Å². The van der Waals surface area contributed by atoms with E-state index >= 15 is 0 Å². The lowest BCUT2D eigenvalue weighted by molar-refractivity contribution is 0.400. The molecule has 1 aromatic carbocycles. The summed E-state index contributed by atoms with van der Waals surface area (Å²) >= 11 is 6.22. The standard InChI is InChI=1S/C15H19ClFN3O/c1-4-7-18-14(11-6-5-10(17)8-12(11)16)15-13(21-3)9-19-20(15)2/h5-6,8-9,14,18H,4,7H2,1-3H3. The molecule has 1 unspecified atom stereocenters. The number of rotatable bonds is 6. The molecular weight excluding hydrogens is 293 g/mol. The Morgan fingerprint density at radius 3 is 2.86 bits per heavy atom. The molecule has 0 saturated carbocycles. The van der Waals surface area contributed by atoms with Crippen molar-refractivity contribution in [2.75, 3.05) is 13.7 Å². The minimum absolute atomic E-state index is 0.208. The Balaban J connectivity index is 2.49. The van der Waals surface area contributed by atoms with Crippen molar-refractivity contribution in [3.63, 3.8) is 0 Å². The van der Waals surface area contributed by atoms with Crippen LogP contribution in [0.5, 0.6) is 5.75 Å². The summed E-state index contributed by atoms with van der Waals surface area (Å²) in [5.74, 6) is 0.321. The molecule has 0 spiro atoms. The van der Waals surface area contributed by atoms with Crippen molar-refractivity contribution in [3.05, 3.63) is 46.5 Å². The SMILES string of the molecule is CCCNC(c1ccc(F)cc1Cl)c1c(OC)cnn1C. The lowest BCUT2D eigenvalue weighted by Crippen LogP contribution is -2.26. The highest BCUT2D eigenvalue weighted by molar-refractivity contribution is 6.31. The largest absolute Gasteiger partial charge is 0.493 e. The van der Waals surface area contributed by atoms with Gasteiger partial charge >= 0.3 is 0 Å². The predicted octanol–water partition coefficient (Wildman–Crippen LogP) is 3.31. The molecule has 4 nitrogen and oxygen atoms in total. The topological polar surface area (TPSA) is 39.1 Å². The van der Waals surface area contributed by atoms with E-state index in [0.29, 0.717) is 10.8 Å². The Kier molecular flexibility index (Phi) is 5.20. The quantitative estimate of drug-likeness (QED) is 0.889. The van der Waals surface area contributed by atoms with Crippen molar-refractivity contribution < 1.29 is 9.13 Å². The van der Waals surface area contributed by atoms with Crippen molar-refractivity contribution in [2.45, 2.75) is 19.4 Å². The van der Waals surface area contributed by atoms with Crippen LogP contribution >= 0.6 is 11.6 Å². The van der Waals surface area contributed by atoms with Gasteiger partial charge in [0.15, 0.2) is 5.75 Å². The summed E-state index contributed by atoms with van der Waals surface area (Å²) in [5.41, 5.74) is 1.66. The molecule has 0 radical (unpaired) electrons. The second kappa shape index (κ2) is 6.91. The molecule has 114 valence electrons. The van der Waals surface area contributed by atoms with Gasteiger partial charge in [-0.15, -0.1) is 0 Å². The summed E-state index contributed by atoms with van der Waals surface area (Å²) in [5, 5.41) is 8.02. The fourth-order valence-electron chi connectivity index (χ4n) is 2.29. The van der Waals surface area contributed by atoms with Gasteiger partial charge in [0.2, 0.25) is 0 Å². The highest BCUT2D eigenvalue weighted by Gasteiger charge is 2.24. The number of hydrogen-bond acceptors (Lipinski definition) is 3. The summed E-state index contributed by atoms with van der Waals surface area (Å²) in [7, 11) is 3.44. The molecule has 1 aromatic heterocycles. The highest BCUT2D eigenvalue weighted by Crippen LogP contribution is 2.33. The van der Waals surface area contributed by atoms with Crippen LogP contribution in [-0.4, -0.2) is 23.4 Å². The molecule has 0 saturated heterocycles. The van der Waals surface area contributed by atoms with E-state index < -0.39 is 0 Å². The number of hydrogen-bond donors (Lipinski definition) is 1. The van der Waals surface area contributed by atoms with E-state index in [9.17, 15) is 4.39 Å². The first-order valence-corrected chi connectivity index (χ1v) is 7.20. The molecular formula is C15H19ClFN3O. The van der Waals surface area contributed by atoms with Gasteiger partial charge in [0.25, 0.3) is 0 Å². The first-order valence-electron chi connectivity index (χ1n) is 6.82. The number of aromatic nitrogens is 2. The van der Waals surface area contributed by atoms with Crippen LogP contribution in [0, 0.1) is 5.82 Å². The lowest BCUT2D eigenvalue weighted by atomic mass is 10.0. The van der Waals surface area contributed by atoms with Crippen molar-refractivity contribution in [1.82, 2.24) is 15.1 Å². The Labute approximate surface area is 128 Å². The number of benzene rings is 1. The summed E-state index contributed by atoms with van der Waals surface area (Å²) in [6, 6.07) is 4.21. The second-order valence-corrected chi connectivity index (χ2v) is 5.18. The first-order chi connectivity index (χ1) is 10.1. The maximum atomic E-state index is 13.3. The zero-order valence-electron chi connectivity index (χ0n) is 12.4.